The Morgan fingerprint density at radius 3 is 1.80 bits per heavy atom. The van der Waals surface area contributed by atoms with Crippen molar-refractivity contribution in [2.45, 2.75) is 51.6 Å². The molecule has 30 heavy (non-hydrogen) atoms. The van der Waals surface area contributed by atoms with Crippen molar-refractivity contribution in [3.05, 3.63) is 82.4 Å². The van der Waals surface area contributed by atoms with Crippen LogP contribution >= 0.6 is 0 Å². The zero-order valence-corrected chi connectivity index (χ0v) is 17.2. The molecule has 0 aromatic heterocycles. The molecule has 0 bridgehead atoms. The fourth-order valence-corrected chi connectivity index (χ4v) is 3.27. The third kappa shape index (κ3) is 6.11. The van der Waals surface area contributed by atoms with Crippen molar-refractivity contribution in [2.75, 3.05) is 6.61 Å². The van der Waals surface area contributed by atoms with Crippen LogP contribution in [0.5, 0.6) is 0 Å². The van der Waals surface area contributed by atoms with Crippen LogP contribution in [0.1, 0.15) is 56.1 Å². The second kappa shape index (κ2) is 8.84. The van der Waals surface area contributed by atoms with Gasteiger partial charge in [0.25, 0.3) is 0 Å². The number of benzene rings is 2. The highest BCUT2D eigenvalue weighted by Gasteiger charge is 2.37. The molecule has 0 saturated carbocycles. The van der Waals surface area contributed by atoms with E-state index in [0.717, 1.165) is 11.1 Å². The van der Waals surface area contributed by atoms with Crippen LogP contribution in [0.25, 0.3) is 0 Å². The minimum atomic E-state index is -4.89. The molecule has 2 aromatic carbocycles. The summed E-state index contributed by atoms with van der Waals surface area (Å²) in [5.41, 5.74) is -1.53. The van der Waals surface area contributed by atoms with E-state index in [-0.39, 0.29) is 18.2 Å². The molecule has 0 radical (unpaired) electrons. The largest absolute Gasteiger partial charge is 0.416 e. The standard InChI is InChI=1S/C23H24F6O/c1-15(2)13-21(4,18-8-6-5-7-9-18)14-30-16(3)17-10-19(22(24,25)26)12-20(11-17)23(27,28)29/h5-13,16H,14H2,1-4H3. The summed E-state index contributed by atoms with van der Waals surface area (Å²) in [5, 5.41) is 0. The molecule has 2 rings (SSSR count). The van der Waals surface area contributed by atoms with E-state index in [9.17, 15) is 26.3 Å². The van der Waals surface area contributed by atoms with Gasteiger partial charge in [-0.15, -0.1) is 0 Å². The number of hydrogen-bond donors (Lipinski definition) is 0. The molecule has 2 aromatic rings. The third-order valence-corrected chi connectivity index (χ3v) is 4.75. The van der Waals surface area contributed by atoms with E-state index in [1.807, 2.05) is 57.2 Å². The first-order valence-electron chi connectivity index (χ1n) is 9.35. The summed E-state index contributed by atoms with van der Waals surface area (Å²) in [6.45, 7) is 7.26. The van der Waals surface area contributed by atoms with Crippen LogP contribution in [0.15, 0.2) is 60.2 Å². The highest BCUT2D eigenvalue weighted by molar-refractivity contribution is 5.35. The molecule has 2 unspecified atom stereocenters. The maximum atomic E-state index is 13.1. The van der Waals surface area contributed by atoms with Crippen molar-refractivity contribution in [1.82, 2.24) is 0 Å². The van der Waals surface area contributed by atoms with Crippen LogP contribution in [0.3, 0.4) is 0 Å². The van der Waals surface area contributed by atoms with E-state index < -0.39 is 35.0 Å². The number of ether oxygens (including phenoxy) is 1. The van der Waals surface area contributed by atoms with E-state index in [2.05, 4.69) is 0 Å². The lowest BCUT2D eigenvalue weighted by atomic mass is 9.82. The first-order valence-corrected chi connectivity index (χ1v) is 9.35. The van der Waals surface area contributed by atoms with Gasteiger partial charge in [-0.05, 0) is 57.0 Å². The SMILES string of the molecule is CC(C)=CC(C)(COC(C)c1cc(C(F)(F)F)cc(C(F)(F)F)c1)c1ccccc1. The number of halogens is 6. The zero-order chi connectivity index (χ0) is 22.7. The van der Waals surface area contributed by atoms with Crippen molar-refractivity contribution >= 4 is 0 Å². The quantitative estimate of drug-likeness (QED) is 0.337. The van der Waals surface area contributed by atoms with Gasteiger partial charge in [-0.1, -0.05) is 42.0 Å². The smallest absolute Gasteiger partial charge is 0.373 e. The van der Waals surface area contributed by atoms with Crippen LogP contribution in [0.2, 0.25) is 0 Å². The first-order chi connectivity index (χ1) is 13.7. The van der Waals surface area contributed by atoms with Gasteiger partial charge in [0, 0.05) is 5.41 Å². The summed E-state index contributed by atoms with van der Waals surface area (Å²) in [7, 11) is 0. The maximum absolute atomic E-state index is 13.1. The van der Waals surface area contributed by atoms with Crippen molar-refractivity contribution in [1.29, 1.82) is 0 Å². The monoisotopic (exact) mass is 430 g/mol. The Hall–Kier alpha value is -2.28. The second-order valence-electron chi connectivity index (χ2n) is 7.80. The van der Waals surface area contributed by atoms with Crippen LogP contribution in [-0.4, -0.2) is 6.61 Å². The molecule has 0 spiro atoms. The molecule has 0 aliphatic rings. The fraction of sp³-hybridized carbons (Fsp3) is 0.391. The summed E-state index contributed by atoms with van der Waals surface area (Å²) in [4.78, 5) is 0. The van der Waals surface area contributed by atoms with Crippen LogP contribution < -0.4 is 0 Å². The predicted octanol–water partition coefficient (Wildman–Crippen LogP) is 7.73. The summed E-state index contributed by atoms with van der Waals surface area (Å²) in [6, 6.07) is 10.9. The molecule has 0 N–H and O–H groups in total. The molecule has 0 aliphatic heterocycles. The average Bonchev–Trinajstić information content (AvgIpc) is 2.64. The predicted molar refractivity (Wildman–Crippen MR) is 104 cm³/mol. The highest BCUT2D eigenvalue weighted by Crippen LogP contribution is 2.38. The summed E-state index contributed by atoms with van der Waals surface area (Å²) < 4.78 is 84.5. The normalized spacial score (nSPS) is 15.4. The molecule has 2 atom stereocenters. The Morgan fingerprint density at radius 1 is 0.867 bits per heavy atom. The van der Waals surface area contributed by atoms with E-state index >= 15 is 0 Å². The third-order valence-electron chi connectivity index (χ3n) is 4.75. The fourth-order valence-electron chi connectivity index (χ4n) is 3.27. The van der Waals surface area contributed by atoms with Crippen LogP contribution in [-0.2, 0) is 22.5 Å². The summed E-state index contributed by atoms with van der Waals surface area (Å²) in [6.07, 6.45) is -8.78. The van der Waals surface area contributed by atoms with E-state index in [1.54, 1.807) is 0 Å². The summed E-state index contributed by atoms with van der Waals surface area (Å²) >= 11 is 0. The van der Waals surface area contributed by atoms with Crippen LogP contribution in [0, 0.1) is 0 Å². The van der Waals surface area contributed by atoms with Crippen molar-refractivity contribution in [2.24, 2.45) is 0 Å². The average molecular weight is 430 g/mol. The Morgan fingerprint density at radius 2 is 1.37 bits per heavy atom. The molecule has 0 amide bonds. The lowest BCUT2D eigenvalue weighted by molar-refractivity contribution is -0.143. The number of hydrogen-bond acceptors (Lipinski definition) is 1. The molecular weight excluding hydrogens is 406 g/mol. The summed E-state index contributed by atoms with van der Waals surface area (Å²) in [5.74, 6) is 0. The molecular formula is C23H24F6O. The molecule has 164 valence electrons. The van der Waals surface area contributed by atoms with E-state index in [0.29, 0.717) is 12.1 Å². The molecule has 0 heterocycles. The van der Waals surface area contributed by atoms with Gasteiger partial charge < -0.3 is 4.74 Å². The lowest BCUT2D eigenvalue weighted by Crippen LogP contribution is -2.27. The topological polar surface area (TPSA) is 9.23 Å². The van der Waals surface area contributed by atoms with Gasteiger partial charge in [-0.25, -0.2) is 0 Å². The van der Waals surface area contributed by atoms with Gasteiger partial charge in [0.05, 0.1) is 23.8 Å². The first kappa shape index (κ1) is 24.0. The molecule has 0 saturated heterocycles. The highest BCUT2D eigenvalue weighted by atomic mass is 19.4. The maximum Gasteiger partial charge on any atom is 0.416 e. The molecule has 0 fully saturated rings. The van der Waals surface area contributed by atoms with Crippen molar-refractivity contribution < 1.29 is 31.1 Å². The number of rotatable bonds is 6. The van der Waals surface area contributed by atoms with Gasteiger partial charge in [0.15, 0.2) is 0 Å². The zero-order valence-electron chi connectivity index (χ0n) is 17.2. The Kier molecular flexibility index (Phi) is 7.07. The Labute approximate surface area is 172 Å². The van der Waals surface area contributed by atoms with Gasteiger partial charge in [-0.2, -0.15) is 26.3 Å². The minimum Gasteiger partial charge on any atom is -0.373 e. The van der Waals surface area contributed by atoms with Gasteiger partial charge >= 0.3 is 12.4 Å². The Bertz CT molecular complexity index is 847. The van der Waals surface area contributed by atoms with Gasteiger partial charge in [0.1, 0.15) is 0 Å². The van der Waals surface area contributed by atoms with Gasteiger partial charge in [-0.3, -0.25) is 0 Å². The van der Waals surface area contributed by atoms with Gasteiger partial charge in [0.2, 0.25) is 0 Å². The van der Waals surface area contributed by atoms with E-state index in [4.69, 9.17) is 4.74 Å². The Balaban J connectivity index is 2.36. The second-order valence-corrected chi connectivity index (χ2v) is 7.80. The number of alkyl halides is 6. The number of allylic oxidation sites excluding steroid dienone is 1. The lowest BCUT2D eigenvalue weighted by Gasteiger charge is -2.29. The van der Waals surface area contributed by atoms with Crippen molar-refractivity contribution in [3.8, 4) is 0 Å². The van der Waals surface area contributed by atoms with Crippen molar-refractivity contribution in [3.63, 3.8) is 0 Å². The molecule has 7 heteroatoms. The van der Waals surface area contributed by atoms with Crippen LogP contribution in [0.4, 0.5) is 26.3 Å². The molecule has 1 nitrogen and oxygen atoms in total. The molecule has 0 aliphatic carbocycles. The van der Waals surface area contributed by atoms with E-state index in [1.165, 1.54) is 6.92 Å². The minimum absolute atomic E-state index is 0.0843.